The summed E-state index contributed by atoms with van der Waals surface area (Å²) in [6.45, 7) is 0. The van der Waals surface area contributed by atoms with Crippen LogP contribution in [0.2, 0.25) is 0 Å². The zero-order valence-electron chi connectivity index (χ0n) is 7.13. The fourth-order valence-electron chi connectivity index (χ4n) is 1.23. The molecular weight excluding hydrogens is 224 g/mol. The van der Waals surface area contributed by atoms with E-state index in [0.29, 0.717) is 0 Å². The molecule has 1 aromatic carbocycles. The minimum atomic E-state index is -4.04. The second kappa shape index (κ2) is 2.80. The highest BCUT2D eigenvalue weighted by molar-refractivity contribution is 7.87. The van der Waals surface area contributed by atoms with Crippen molar-refractivity contribution in [1.29, 1.82) is 0 Å². The maximum atomic E-state index is 11.2. The molecule has 0 unspecified atom stereocenters. The van der Waals surface area contributed by atoms with Gasteiger partial charge in [-0.05, 0) is 18.2 Å². The first-order valence-corrected chi connectivity index (χ1v) is 5.19. The van der Waals surface area contributed by atoms with E-state index in [9.17, 15) is 18.0 Å². The van der Waals surface area contributed by atoms with Gasteiger partial charge in [-0.25, -0.2) is 9.59 Å². The Labute approximate surface area is 84.2 Å². The van der Waals surface area contributed by atoms with Gasteiger partial charge in [0.15, 0.2) is 0 Å². The monoisotopic (exact) mass is 228 g/mol. The third-order valence-electron chi connectivity index (χ3n) is 1.90. The molecular formula is C8H4O6S. The van der Waals surface area contributed by atoms with Gasteiger partial charge in [-0.1, -0.05) is 0 Å². The minimum Gasteiger partial charge on any atom is -0.478 e. The van der Waals surface area contributed by atoms with Crippen molar-refractivity contribution in [1.82, 2.24) is 0 Å². The summed E-state index contributed by atoms with van der Waals surface area (Å²) >= 11 is 0. The van der Waals surface area contributed by atoms with Gasteiger partial charge in [0.25, 0.3) is 0 Å². The molecule has 0 aromatic heterocycles. The Bertz CT molecular complexity index is 571. The summed E-state index contributed by atoms with van der Waals surface area (Å²) in [7, 11) is -4.04. The molecule has 1 aliphatic rings. The van der Waals surface area contributed by atoms with Crippen LogP contribution < -0.4 is 0 Å². The predicted molar refractivity (Wildman–Crippen MR) is 46.0 cm³/mol. The average molecular weight is 228 g/mol. The van der Waals surface area contributed by atoms with Crippen LogP contribution in [0, 0.1) is 0 Å². The van der Waals surface area contributed by atoms with Crippen molar-refractivity contribution in [3.05, 3.63) is 29.3 Å². The van der Waals surface area contributed by atoms with Crippen molar-refractivity contribution < 1.29 is 27.3 Å². The molecule has 0 bridgehead atoms. The molecule has 0 radical (unpaired) electrons. The Morgan fingerprint density at radius 3 is 2.60 bits per heavy atom. The predicted octanol–water partition coefficient (Wildman–Crippen LogP) is 0.244. The van der Waals surface area contributed by atoms with Crippen LogP contribution in [-0.4, -0.2) is 25.5 Å². The molecule has 0 atom stereocenters. The maximum Gasteiger partial charge on any atom is 0.355 e. The minimum absolute atomic E-state index is 0.164. The van der Waals surface area contributed by atoms with Gasteiger partial charge in [0.2, 0.25) is 0 Å². The van der Waals surface area contributed by atoms with E-state index < -0.39 is 22.1 Å². The van der Waals surface area contributed by atoms with Crippen molar-refractivity contribution >= 4 is 22.1 Å². The molecule has 0 saturated carbocycles. The quantitative estimate of drug-likeness (QED) is 0.691. The molecule has 0 spiro atoms. The molecule has 0 amide bonds. The molecule has 7 heteroatoms. The first-order chi connectivity index (χ1) is 6.92. The Morgan fingerprint density at radius 2 is 2.00 bits per heavy atom. The topological polar surface area (TPSA) is 97.7 Å². The van der Waals surface area contributed by atoms with E-state index in [0.717, 1.165) is 18.2 Å². The number of rotatable bonds is 1. The van der Waals surface area contributed by atoms with Gasteiger partial charge in [-0.2, -0.15) is 8.42 Å². The van der Waals surface area contributed by atoms with Crippen LogP contribution in [0.5, 0.6) is 0 Å². The Balaban J connectivity index is 2.71. The van der Waals surface area contributed by atoms with Crippen molar-refractivity contribution in [2.45, 2.75) is 4.90 Å². The highest BCUT2D eigenvalue weighted by atomic mass is 32.2. The molecule has 78 valence electrons. The summed E-state index contributed by atoms with van der Waals surface area (Å²) in [5.41, 5.74) is -0.405. The number of carboxylic acids is 1. The fraction of sp³-hybridized carbons (Fsp3) is 0. The van der Waals surface area contributed by atoms with E-state index in [2.05, 4.69) is 4.18 Å². The Hall–Kier alpha value is -1.89. The SMILES string of the molecule is O=C(O)c1ccc2c(c1)C(=O)OS2(=O)=O. The summed E-state index contributed by atoms with van der Waals surface area (Å²) in [6.07, 6.45) is 0. The highest BCUT2D eigenvalue weighted by Gasteiger charge is 2.35. The van der Waals surface area contributed by atoms with E-state index in [1.54, 1.807) is 0 Å². The lowest BCUT2D eigenvalue weighted by molar-refractivity contribution is 0.0696. The van der Waals surface area contributed by atoms with Gasteiger partial charge < -0.3 is 9.29 Å². The Kier molecular flexibility index (Phi) is 1.80. The normalized spacial score (nSPS) is 16.9. The van der Waals surface area contributed by atoms with Crippen LogP contribution in [0.4, 0.5) is 0 Å². The molecule has 1 N–H and O–H groups in total. The third kappa shape index (κ3) is 1.37. The standard InChI is InChI=1S/C8H4O6S/c9-7(10)4-1-2-6-5(3-4)8(11)14-15(6,12)13/h1-3H,(H,9,10). The van der Waals surface area contributed by atoms with E-state index in [4.69, 9.17) is 5.11 Å². The molecule has 1 aliphatic heterocycles. The van der Waals surface area contributed by atoms with Crippen LogP contribution in [0.1, 0.15) is 20.7 Å². The molecule has 6 nitrogen and oxygen atoms in total. The number of hydrogen-bond donors (Lipinski definition) is 1. The van der Waals surface area contributed by atoms with Crippen LogP contribution in [0.15, 0.2) is 23.1 Å². The van der Waals surface area contributed by atoms with Crippen LogP contribution in [0.3, 0.4) is 0 Å². The second-order valence-corrected chi connectivity index (χ2v) is 4.36. The van der Waals surface area contributed by atoms with Crippen molar-refractivity contribution in [2.75, 3.05) is 0 Å². The largest absolute Gasteiger partial charge is 0.478 e. The van der Waals surface area contributed by atoms with Gasteiger partial charge in [-0.3, -0.25) is 0 Å². The zero-order valence-corrected chi connectivity index (χ0v) is 7.95. The zero-order chi connectivity index (χ0) is 11.2. The van der Waals surface area contributed by atoms with Gasteiger partial charge in [-0.15, -0.1) is 0 Å². The number of aromatic carboxylic acids is 1. The van der Waals surface area contributed by atoms with Crippen LogP contribution in [0.25, 0.3) is 0 Å². The smallest absolute Gasteiger partial charge is 0.355 e. The molecule has 0 aliphatic carbocycles. The van der Waals surface area contributed by atoms with Gasteiger partial charge in [0.05, 0.1) is 11.1 Å². The molecule has 0 fully saturated rings. The molecule has 1 heterocycles. The maximum absolute atomic E-state index is 11.2. The number of hydrogen-bond acceptors (Lipinski definition) is 5. The fourth-order valence-corrected chi connectivity index (χ4v) is 2.26. The number of carbonyl (C=O) groups excluding carboxylic acids is 1. The van der Waals surface area contributed by atoms with E-state index >= 15 is 0 Å². The first kappa shape index (κ1) is 9.66. The summed E-state index contributed by atoms with van der Waals surface area (Å²) < 4.78 is 26.4. The Morgan fingerprint density at radius 1 is 1.33 bits per heavy atom. The molecule has 2 rings (SSSR count). The lowest BCUT2D eigenvalue weighted by Crippen LogP contribution is -1.99. The lowest BCUT2D eigenvalue weighted by Gasteiger charge is -1.95. The lowest BCUT2D eigenvalue weighted by atomic mass is 10.1. The summed E-state index contributed by atoms with van der Waals surface area (Å²) in [5.74, 6) is -2.29. The highest BCUT2D eigenvalue weighted by Crippen LogP contribution is 2.27. The first-order valence-electron chi connectivity index (χ1n) is 3.78. The van der Waals surface area contributed by atoms with E-state index in [1.165, 1.54) is 0 Å². The van der Waals surface area contributed by atoms with E-state index in [1.807, 2.05) is 0 Å². The molecule has 1 aromatic rings. The average Bonchev–Trinajstić information content (AvgIpc) is 2.37. The number of benzene rings is 1. The van der Waals surface area contributed by atoms with Crippen molar-refractivity contribution in [3.8, 4) is 0 Å². The second-order valence-electron chi connectivity index (χ2n) is 2.84. The number of fused-ring (bicyclic) bond motifs is 1. The van der Waals surface area contributed by atoms with Crippen LogP contribution >= 0.6 is 0 Å². The molecule has 0 saturated heterocycles. The van der Waals surface area contributed by atoms with Crippen LogP contribution in [-0.2, 0) is 14.3 Å². The summed E-state index contributed by atoms with van der Waals surface area (Å²) in [5, 5.41) is 8.63. The van der Waals surface area contributed by atoms with Gasteiger partial charge in [0.1, 0.15) is 4.90 Å². The van der Waals surface area contributed by atoms with Gasteiger partial charge >= 0.3 is 22.1 Å². The number of carboxylic acid groups (broad SMARTS) is 1. The summed E-state index contributed by atoms with van der Waals surface area (Å²) in [6, 6.07) is 3.12. The van der Waals surface area contributed by atoms with Crippen molar-refractivity contribution in [3.63, 3.8) is 0 Å². The van der Waals surface area contributed by atoms with Gasteiger partial charge in [0, 0.05) is 0 Å². The van der Waals surface area contributed by atoms with E-state index in [-0.39, 0.29) is 16.0 Å². The summed E-state index contributed by atoms with van der Waals surface area (Å²) in [4.78, 5) is 21.3. The van der Waals surface area contributed by atoms with Crippen molar-refractivity contribution in [2.24, 2.45) is 0 Å². The third-order valence-corrected chi connectivity index (χ3v) is 3.17. The molecule has 15 heavy (non-hydrogen) atoms. The number of carbonyl (C=O) groups is 2.